The van der Waals surface area contributed by atoms with Crippen LogP contribution >= 0.6 is 31.9 Å². The number of hydrogen-bond donors (Lipinski definition) is 0. The second-order valence-electron chi connectivity index (χ2n) is 5.33. The lowest BCUT2D eigenvalue weighted by molar-refractivity contribution is 0.950. The molecular weight excluding hydrogens is 388 g/mol. The van der Waals surface area contributed by atoms with Gasteiger partial charge in [-0.3, -0.25) is 0 Å². The quantitative estimate of drug-likeness (QED) is 0.432. The molecule has 0 aliphatic heterocycles. The average Bonchev–Trinajstić information content (AvgIpc) is 2.47. The first-order valence-electron chi connectivity index (χ1n) is 7.02. The van der Waals surface area contributed by atoms with Gasteiger partial charge in [0, 0.05) is 9.30 Å². The fourth-order valence-electron chi connectivity index (χ4n) is 2.66. The molecule has 0 spiro atoms. The Morgan fingerprint density at radius 2 is 1.71 bits per heavy atom. The summed E-state index contributed by atoms with van der Waals surface area (Å²) in [6.45, 7) is 2.11. The summed E-state index contributed by atoms with van der Waals surface area (Å²) >= 11 is 7.53. The van der Waals surface area contributed by atoms with Crippen molar-refractivity contribution in [1.82, 2.24) is 0 Å². The third-order valence-electron chi connectivity index (χ3n) is 3.77. The first-order chi connectivity index (χ1) is 10.1. The first kappa shape index (κ1) is 14.8. The van der Waals surface area contributed by atoms with Crippen LogP contribution in [0.5, 0.6) is 0 Å². The van der Waals surface area contributed by atoms with Gasteiger partial charge >= 0.3 is 0 Å². The van der Waals surface area contributed by atoms with Gasteiger partial charge in [-0.1, -0.05) is 86.5 Å². The third kappa shape index (κ3) is 3.22. The Morgan fingerprint density at radius 1 is 0.952 bits per heavy atom. The maximum absolute atomic E-state index is 3.85. The highest BCUT2D eigenvalue weighted by molar-refractivity contribution is 9.11. The molecule has 21 heavy (non-hydrogen) atoms. The van der Waals surface area contributed by atoms with Crippen LogP contribution in [0.25, 0.3) is 10.8 Å². The van der Waals surface area contributed by atoms with Gasteiger partial charge in [-0.2, -0.15) is 0 Å². The zero-order valence-corrected chi connectivity index (χ0v) is 15.0. The van der Waals surface area contributed by atoms with Crippen molar-refractivity contribution in [2.24, 2.45) is 0 Å². The average molecular weight is 404 g/mol. The first-order valence-corrected chi connectivity index (χ1v) is 8.73. The molecule has 3 rings (SSSR count). The van der Waals surface area contributed by atoms with Crippen LogP contribution in [0.2, 0.25) is 0 Å². The smallest absolute Gasteiger partial charge is 0.0447 e. The van der Waals surface area contributed by atoms with E-state index in [4.69, 9.17) is 0 Å². The molecule has 0 N–H and O–H groups in total. The largest absolute Gasteiger partial charge is 0.0835 e. The van der Waals surface area contributed by atoms with Crippen LogP contribution in [-0.4, -0.2) is 0 Å². The van der Waals surface area contributed by atoms with Crippen molar-refractivity contribution in [3.8, 4) is 0 Å². The molecule has 0 bridgehead atoms. The van der Waals surface area contributed by atoms with Crippen molar-refractivity contribution < 1.29 is 0 Å². The summed E-state index contributed by atoms with van der Waals surface area (Å²) < 4.78 is 1.17. The van der Waals surface area contributed by atoms with E-state index in [1.165, 1.54) is 31.9 Å². The number of benzene rings is 3. The second-order valence-corrected chi connectivity index (χ2v) is 7.29. The monoisotopic (exact) mass is 402 g/mol. The van der Waals surface area contributed by atoms with Crippen molar-refractivity contribution in [1.29, 1.82) is 0 Å². The second kappa shape index (κ2) is 6.33. The zero-order valence-electron chi connectivity index (χ0n) is 11.8. The van der Waals surface area contributed by atoms with E-state index in [0.29, 0.717) is 4.83 Å². The molecule has 1 atom stereocenters. The van der Waals surface area contributed by atoms with E-state index in [2.05, 4.69) is 99.4 Å². The molecule has 3 aromatic rings. The Labute approximate surface area is 142 Å². The minimum absolute atomic E-state index is 0.304. The molecule has 0 aromatic heterocycles. The summed E-state index contributed by atoms with van der Waals surface area (Å²) in [5.41, 5.74) is 3.95. The topological polar surface area (TPSA) is 0 Å². The van der Waals surface area contributed by atoms with Crippen LogP contribution in [0.15, 0.2) is 65.1 Å². The normalized spacial score (nSPS) is 12.5. The van der Waals surface area contributed by atoms with Crippen LogP contribution < -0.4 is 0 Å². The van der Waals surface area contributed by atoms with Gasteiger partial charge in [0.15, 0.2) is 0 Å². The lowest BCUT2D eigenvalue weighted by atomic mass is 9.98. The van der Waals surface area contributed by atoms with Gasteiger partial charge < -0.3 is 0 Å². The van der Waals surface area contributed by atoms with Crippen molar-refractivity contribution >= 4 is 42.6 Å². The number of fused-ring (bicyclic) bond motifs is 1. The maximum Gasteiger partial charge on any atom is 0.0447 e. The van der Waals surface area contributed by atoms with Crippen molar-refractivity contribution in [3.05, 3.63) is 81.8 Å². The van der Waals surface area contributed by atoms with E-state index < -0.39 is 0 Å². The highest BCUT2D eigenvalue weighted by atomic mass is 79.9. The maximum atomic E-state index is 3.85. The Kier molecular flexibility index (Phi) is 4.46. The summed E-state index contributed by atoms with van der Waals surface area (Å²) in [5.74, 6) is 0. The molecule has 0 fully saturated rings. The van der Waals surface area contributed by atoms with E-state index in [-0.39, 0.29) is 0 Å². The molecule has 2 heteroatoms. The molecule has 0 saturated carbocycles. The summed E-state index contributed by atoms with van der Waals surface area (Å²) in [7, 11) is 0. The highest BCUT2D eigenvalue weighted by Crippen LogP contribution is 2.34. The van der Waals surface area contributed by atoms with Crippen molar-refractivity contribution in [2.45, 2.75) is 18.2 Å². The number of hydrogen-bond acceptors (Lipinski definition) is 0. The fourth-order valence-corrected chi connectivity index (χ4v) is 4.48. The fraction of sp³-hybridized carbons (Fsp3) is 0.158. The molecule has 0 amide bonds. The Hall–Kier alpha value is -1.12. The predicted molar refractivity (Wildman–Crippen MR) is 98.2 cm³/mol. The molecule has 0 nitrogen and oxygen atoms in total. The van der Waals surface area contributed by atoms with Crippen LogP contribution in [0.4, 0.5) is 0 Å². The lowest BCUT2D eigenvalue weighted by Gasteiger charge is -2.14. The molecule has 0 radical (unpaired) electrons. The van der Waals surface area contributed by atoms with E-state index in [9.17, 15) is 0 Å². The van der Waals surface area contributed by atoms with E-state index in [1.54, 1.807) is 0 Å². The van der Waals surface area contributed by atoms with Crippen molar-refractivity contribution in [3.63, 3.8) is 0 Å². The van der Waals surface area contributed by atoms with Crippen LogP contribution in [-0.2, 0) is 6.42 Å². The minimum atomic E-state index is 0.304. The molecule has 106 valence electrons. The standard InChI is InChI=1S/C19H16Br2/c1-13-9-10-17(18(20)11-13)19(21)12-15-7-4-6-14-5-2-3-8-16(14)15/h2-11,19H,12H2,1H3. The predicted octanol–water partition coefficient (Wildman–Crippen LogP) is 6.59. The van der Waals surface area contributed by atoms with Crippen LogP contribution in [0.3, 0.4) is 0 Å². The van der Waals surface area contributed by atoms with Gasteiger partial charge in [0.05, 0.1) is 0 Å². The molecular formula is C19H16Br2. The third-order valence-corrected chi connectivity index (χ3v) is 5.28. The summed E-state index contributed by atoms with van der Waals surface area (Å²) in [5, 5.41) is 2.64. The molecule has 0 saturated heterocycles. The SMILES string of the molecule is Cc1ccc(C(Br)Cc2cccc3ccccc23)c(Br)c1. The van der Waals surface area contributed by atoms with Gasteiger partial charge in [-0.15, -0.1) is 0 Å². The molecule has 0 aliphatic rings. The Morgan fingerprint density at radius 3 is 2.52 bits per heavy atom. The molecule has 0 heterocycles. The van der Waals surface area contributed by atoms with Gasteiger partial charge in [0.1, 0.15) is 0 Å². The Balaban J connectivity index is 1.94. The molecule has 0 aliphatic carbocycles. The number of alkyl halides is 1. The zero-order chi connectivity index (χ0) is 14.8. The number of halogens is 2. The van der Waals surface area contributed by atoms with Crippen LogP contribution in [0.1, 0.15) is 21.5 Å². The molecule has 1 unspecified atom stereocenters. The van der Waals surface area contributed by atoms with Crippen molar-refractivity contribution in [2.75, 3.05) is 0 Å². The van der Waals surface area contributed by atoms with Gasteiger partial charge in [-0.25, -0.2) is 0 Å². The van der Waals surface area contributed by atoms with Gasteiger partial charge in [-0.05, 0) is 46.9 Å². The van der Waals surface area contributed by atoms with E-state index >= 15 is 0 Å². The number of aryl methyl sites for hydroxylation is 1. The Bertz CT molecular complexity index is 772. The highest BCUT2D eigenvalue weighted by Gasteiger charge is 2.13. The van der Waals surface area contributed by atoms with Gasteiger partial charge in [0.25, 0.3) is 0 Å². The molecule has 3 aromatic carbocycles. The summed E-state index contributed by atoms with van der Waals surface area (Å²) in [6.07, 6.45) is 0.975. The number of rotatable bonds is 3. The minimum Gasteiger partial charge on any atom is -0.0835 e. The summed E-state index contributed by atoms with van der Waals surface area (Å²) in [6, 6.07) is 21.6. The summed E-state index contributed by atoms with van der Waals surface area (Å²) in [4.78, 5) is 0.304. The van der Waals surface area contributed by atoms with E-state index in [1.807, 2.05) is 0 Å². The van der Waals surface area contributed by atoms with Gasteiger partial charge in [0.2, 0.25) is 0 Å². The van der Waals surface area contributed by atoms with Crippen LogP contribution in [0, 0.1) is 6.92 Å². The van der Waals surface area contributed by atoms with E-state index in [0.717, 1.165) is 6.42 Å². The lowest BCUT2D eigenvalue weighted by Crippen LogP contribution is -1.97.